The zero-order valence-corrected chi connectivity index (χ0v) is 13.4. The van der Waals surface area contributed by atoms with Crippen LogP contribution >= 0.6 is 11.3 Å². The van der Waals surface area contributed by atoms with Crippen LogP contribution in [0.5, 0.6) is 0 Å². The number of carboxylic acid groups (broad SMARTS) is 1. The van der Waals surface area contributed by atoms with Gasteiger partial charge >= 0.3 is 12.0 Å². The number of aryl methyl sites for hydroxylation is 2. The molecule has 2 rings (SSSR count). The van der Waals surface area contributed by atoms with Gasteiger partial charge in [-0.05, 0) is 51.2 Å². The molecule has 1 aliphatic carbocycles. The average molecular weight is 310 g/mol. The van der Waals surface area contributed by atoms with Crippen molar-refractivity contribution in [3.8, 4) is 0 Å². The van der Waals surface area contributed by atoms with Gasteiger partial charge < -0.3 is 15.7 Å². The van der Waals surface area contributed by atoms with Gasteiger partial charge in [0.05, 0.1) is 12.5 Å². The van der Waals surface area contributed by atoms with Gasteiger partial charge in [0.25, 0.3) is 0 Å². The van der Waals surface area contributed by atoms with Gasteiger partial charge in [0, 0.05) is 15.8 Å². The number of aliphatic carboxylic acids is 1. The number of hydrogen-bond donors (Lipinski definition) is 3. The van der Waals surface area contributed by atoms with E-state index in [0.29, 0.717) is 5.92 Å². The molecule has 0 aliphatic heterocycles. The predicted molar refractivity (Wildman–Crippen MR) is 82.6 cm³/mol. The van der Waals surface area contributed by atoms with Crippen molar-refractivity contribution < 1.29 is 14.7 Å². The van der Waals surface area contributed by atoms with Gasteiger partial charge in [-0.1, -0.05) is 0 Å². The molecule has 0 spiro atoms. The van der Waals surface area contributed by atoms with E-state index >= 15 is 0 Å². The number of rotatable bonds is 6. The summed E-state index contributed by atoms with van der Waals surface area (Å²) in [4.78, 5) is 25.3. The molecule has 2 amide bonds. The lowest BCUT2D eigenvalue weighted by atomic mass is 10.1. The predicted octanol–water partition coefficient (Wildman–Crippen LogP) is 2.98. The molecule has 0 aromatic carbocycles. The minimum atomic E-state index is -0.871. The first kappa shape index (κ1) is 15.8. The third-order valence-corrected chi connectivity index (χ3v) is 4.78. The summed E-state index contributed by atoms with van der Waals surface area (Å²) in [5.41, 5.74) is 1.12. The molecular formula is C15H22N2O3S. The van der Waals surface area contributed by atoms with Crippen LogP contribution in [0, 0.1) is 19.8 Å². The number of urea groups is 1. The highest BCUT2D eigenvalue weighted by atomic mass is 32.1. The Labute approximate surface area is 128 Å². The molecule has 3 N–H and O–H groups in total. The zero-order valence-electron chi connectivity index (χ0n) is 12.6. The fourth-order valence-electron chi connectivity index (χ4n) is 2.59. The van der Waals surface area contributed by atoms with Crippen LogP contribution in [0.2, 0.25) is 0 Å². The van der Waals surface area contributed by atoms with Crippen molar-refractivity contribution in [2.45, 2.75) is 52.1 Å². The van der Waals surface area contributed by atoms with Crippen LogP contribution in [-0.4, -0.2) is 23.1 Å². The van der Waals surface area contributed by atoms with E-state index in [1.807, 2.05) is 20.8 Å². The van der Waals surface area contributed by atoms with Crippen LogP contribution in [0.3, 0.4) is 0 Å². The van der Waals surface area contributed by atoms with Crippen molar-refractivity contribution >= 4 is 23.3 Å². The SMILES string of the molecule is Cc1cc(C(C)NC(=O)NC(CC(=O)O)C2CC2)c(C)s1. The fraction of sp³-hybridized carbons (Fsp3) is 0.600. The molecule has 116 valence electrons. The highest BCUT2D eigenvalue weighted by Gasteiger charge is 2.33. The van der Waals surface area contributed by atoms with Gasteiger partial charge in [0.15, 0.2) is 0 Å². The molecule has 5 nitrogen and oxygen atoms in total. The molecule has 2 atom stereocenters. The quantitative estimate of drug-likeness (QED) is 0.756. The maximum absolute atomic E-state index is 12.1. The molecule has 2 unspecified atom stereocenters. The van der Waals surface area contributed by atoms with E-state index in [4.69, 9.17) is 5.11 Å². The van der Waals surface area contributed by atoms with Crippen molar-refractivity contribution in [3.63, 3.8) is 0 Å². The van der Waals surface area contributed by atoms with E-state index in [1.165, 1.54) is 9.75 Å². The largest absolute Gasteiger partial charge is 0.481 e. The molecule has 1 heterocycles. The number of nitrogens with one attached hydrogen (secondary N) is 2. The van der Waals surface area contributed by atoms with E-state index < -0.39 is 5.97 Å². The Morgan fingerprint density at radius 1 is 1.38 bits per heavy atom. The Morgan fingerprint density at radius 3 is 2.52 bits per heavy atom. The summed E-state index contributed by atoms with van der Waals surface area (Å²) >= 11 is 1.71. The number of hydrogen-bond acceptors (Lipinski definition) is 3. The third kappa shape index (κ3) is 4.46. The number of carbonyl (C=O) groups is 2. The number of thiophene rings is 1. The first-order chi connectivity index (χ1) is 9.86. The molecule has 6 heteroatoms. The summed E-state index contributed by atoms with van der Waals surface area (Å²) in [5, 5.41) is 14.6. The minimum absolute atomic E-state index is 0.0109. The minimum Gasteiger partial charge on any atom is -0.481 e. The highest BCUT2D eigenvalue weighted by molar-refractivity contribution is 7.12. The number of carboxylic acids is 1. The molecule has 0 saturated heterocycles. The molecule has 0 bridgehead atoms. The summed E-state index contributed by atoms with van der Waals surface area (Å²) in [6.45, 7) is 6.03. The van der Waals surface area contributed by atoms with Crippen LogP contribution < -0.4 is 10.6 Å². The van der Waals surface area contributed by atoms with Gasteiger partial charge in [0.1, 0.15) is 0 Å². The van der Waals surface area contributed by atoms with Crippen molar-refractivity contribution in [1.29, 1.82) is 0 Å². The Morgan fingerprint density at radius 2 is 2.05 bits per heavy atom. The lowest BCUT2D eigenvalue weighted by Crippen LogP contribution is -2.44. The first-order valence-corrected chi connectivity index (χ1v) is 8.04. The summed E-state index contributed by atoms with van der Waals surface area (Å²) in [6.07, 6.45) is 1.98. The molecule has 1 fully saturated rings. The normalized spacial score (nSPS) is 17.1. The number of carbonyl (C=O) groups excluding carboxylic acids is 1. The molecule has 0 radical (unpaired) electrons. The standard InChI is InChI=1S/C15H22N2O3S/c1-8-6-12(10(3)21-8)9(2)16-15(20)17-13(7-14(18)19)11-4-5-11/h6,9,11,13H,4-5,7H2,1-3H3,(H,18,19)(H2,16,17,20). The van der Waals surface area contributed by atoms with Crippen LogP contribution in [0.4, 0.5) is 4.79 Å². The summed E-state index contributed by atoms with van der Waals surface area (Å²) < 4.78 is 0. The molecular weight excluding hydrogens is 288 g/mol. The van der Waals surface area contributed by atoms with E-state index in [1.54, 1.807) is 11.3 Å². The van der Waals surface area contributed by atoms with E-state index in [0.717, 1.165) is 18.4 Å². The second-order valence-electron chi connectivity index (χ2n) is 5.75. The molecule has 1 aromatic heterocycles. The second kappa shape index (κ2) is 6.47. The lowest BCUT2D eigenvalue weighted by molar-refractivity contribution is -0.137. The smallest absolute Gasteiger partial charge is 0.315 e. The molecule has 1 saturated carbocycles. The van der Waals surface area contributed by atoms with Crippen molar-refractivity contribution in [2.24, 2.45) is 5.92 Å². The summed E-state index contributed by atoms with van der Waals surface area (Å²) in [5.74, 6) is -0.558. The monoisotopic (exact) mass is 310 g/mol. The highest BCUT2D eigenvalue weighted by Crippen LogP contribution is 2.34. The Bertz CT molecular complexity index is 537. The van der Waals surface area contributed by atoms with Crippen LogP contribution in [0.25, 0.3) is 0 Å². The maximum Gasteiger partial charge on any atom is 0.315 e. The fourth-order valence-corrected chi connectivity index (χ4v) is 3.61. The average Bonchev–Trinajstić information content (AvgIpc) is 3.13. The van der Waals surface area contributed by atoms with Gasteiger partial charge in [-0.25, -0.2) is 4.79 Å². The van der Waals surface area contributed by atoms with Crippen LogP contribution in [0.15, 0.2) is 6.07 Å². The molecule has 1 aliphatic rings. The van der Waals surface area contributed by atoms with Crippen molar-refractivity contribution in [3.05, 3.63) is 21.4 Å². The third-order valence-electron chi connectivity index (χ3n) is 3.80. The lowest BCUT2D eigenvalue weighted by Gasteiger charge is -2.19. The van der Waals surface area contributed by atoms with Gasteiger partial charge in [0.2, 0.25) is 0 Å². The van der Waals surface area contributed by atoms with Crippen molar-refractivity contribution in [1.82, 2.24) is 10.6 Å². The van der Waals surface area contributed by atoms with Crippen LogP contribution in [0.1, 0.15) is 47.5 Å². The van der Waals surface area contributed by atoms with Gasteiger partial charge in [-0.15, -0.1) is 11.3 Å². The Kier molecular flexibility index (Phi) is 4.88. The second-order valence-corrected chi connectivity index (χ2v) is 7.21. The van der Waals surface area contributed by atoms with Gasteiger partial charge in [-0.3, -0.25) is 4.79 Å². The van der Waals surface area contributed by atoms with Gasteiger partial charge in [-0.2, -0.15) is 0 Å². The molecule has 21 heavy (non-hydrogen) atoms. The summed E-state index contributed by atoms with van der Waals surface area (Å²) in [6, 6.07) is 1.45. The van der Waals surface area contributed by atoms with E-state index in [9.17, 15) is 9.59 Å². The van der Waals surface area contributed by atoms with E-state index in [-0.39, 0.29) is 24.5 Å². The summed E-state index contributed by atoms with van der Waals surface area (Å²) in [7, 11) is 0. The number of amides is 2. The van der Waals surface area contributed by atoms with E-state index in [2.05, 4.69) is 16.7 Å². The topological polar surface area (TPSA) is 78.4 Å². The Hall–Kier alpha value is -1.56. The maximum atomic E-state index is 12.1. The van der Waals surface area contributed by atoms with Crippen LogP contribution in [-0.2, 0) is 4.79 Å². The molecule has 1 aromatic rings. The first-order valence-electron chi connectivity index (χ1n) is 7.22. The zero-order chi connectivity index (χ0) is 15.6. The Balaban J connectivity index is 1.91. The van der Waals surface area contributed by atoms with Crippen molar-refractivity contribution in [2.75, 3.05) is 0 Å².